The van der Waals surface area contributed by atoms with Crippen molar-refractivity contribution in [3.63, 3.8) is 0 Å². The molecule has 0 heterocycles. The zero-order chi connectivity index (χ0) is 18.9. The molecular formula is C18H16Cl2FNO4. The molecule has 0 saturated heterocycles. The van der Waals surface area contributed by atoms with Gasteiger partial charge >= 0.3 is 11.9 Å². The van der Waals surface area contributed by atoms with E-state index in [9.17, 15) is 14.0 Å². The predicted octanol–water partition coefficient (Wildman–Crippen LogP) is 4.03. The molecule has 26 heavy (non-hydrogen) atoms. The second-order valence-corrected chi connectivity index (χ2v) is 5.94. The first kappa shape index (κ1) is 20.0. The summed E-state index contributed by atoms with van der Waals surface area (Å²) in [5.41, 5.74) is 0.912. The quantitative estimate of drug-likeness (QED) is 0.536. The lowest BCUT2D eigenvalue weighted by Crippen LogP contribution is -2.37. The molecule has 0 bridgehead atoms. The topological polar surface area (TPSA) is 64.6 Å². The van der Waals surface area contributed by atoms with E-state index in [1.54, 1.807) is 42.5 Å². The van der Waals surface area contributed by atoms with Crippen LogP contribution in [-0.2, 0) is 25.5 Å². The summed E-state index contributed by atoms with van der Waals surface area (Å²) in [4.78, 5) is 24.3. The predicted molar refractivity (Wildman–Crippen MR) is 97.0 cm³/mol. The second-order valence-electron chi connectivity index (χ2n) is 5.13. The number of nitrogens with one attached hydrogen (secondary N) is 1. The number of esters is 2. The normalized spacial score (nSPS) is 11.5. The fraction of sp³-hybridized carbons (Fsp3) is 0.222. The van der Waals surface area contributed by atoms with Crippen molar-refractivity contribution in [1.29, 1.82) is 0 Å². The molecule has 0 aromatic heterocycles. The number of benzene rings is 2. The molecule has 2 rings (SSSR count). The SMILES string of the molecule is O=C(Cc1ccccc1)OC(Nc1c(Cl)cccc1Cl)C(=O)OCCF. The van der Waals surface area contributed by atoms with Gasteiger partial charge in [-0.25, -0.2) is 9.18 Å². The third-order valence-corrected chi connectivity index (χ3v) is 3.84. The average Bonchev–Trinajstić information content (AvgIpc) is 2.62. The molecule has 1 N–H and O–H groups in total. The maximum atomic E-state index is 12.3. The van der Waals surface area contributed by atoms with Gasteiger partial charge in [-0.1, -0.05) is 59.6 Å². The van der Waals surface area contributed by atoms with Gasteiger partial charge in [-0.15, -0.1) is 0 Å². The van der Waals surface area contributed by atoms with Crippen LogP contribution >= 0.6 is 23.2 Å². The van der Waals surface area contributed by atoms with Crippen molar-refractivity contribution in [3.8, 4) is 0 Å². The van der Waals surface area contributed by atoms with Crippen LogP contribution in [0.1, 0.15) is 5.56 Å². The number of alkyl halides is 1. The molecule has 0 radical (unpaired) electrons. The van der Waals surface area contributed by atoms with Gasteiger partial charge in [0.15, 0.2) is 0 Å². The van der Waals surface area contributed by atoms with Crippen LogP contribution < -0.4 is 5.32 Å². The summed E-state index contributed by atoms with van der Waals surface area (Å²) < 4.78 is 22.2. The van der Waals surface area contributed by atoms with Gasteiger partial charge in [0.25, 0.3) is 6.23 Å². The second kappa shape index (κ2) is 9.99. The molecule has 8 heteroatoms. The van der Waals surface area contributed by atoms with Crippen LogP contribution in [0, 0.1) is 0 Å². The van der Waals surface area contributed by atoms with Gasteiger partial charge in [0.05, 0.1) is 22.2 Å². The van der Waals surface area contributed by atoms with E-state index in [4.69, 9.17) is 32.7 Å². The van der Waals surface area contributed by atoms with Crippen molar-refractivity contribution >= 4 is 40.8 Å². The largest absolute Gasteiger partial charge is 0.459 e. The highest BCUT2D eigenvalue weighted by Gasteiger charge is 2.26. The van der Waals surface area contributed by atoms with Gasteiger partial charge in [0.1, 0.15) is 13.3 Å². The lowest BCUT2D eigenvalue weighted by Gasteiger charge is -2.20. The minimum absolute atomic E-state index is 0.0499. The molecular weight excluding hydrogens is 384 g/mol. The Morgan fingerprint density at radius 2 is 1.69 bits per heavy atom. The van der Waals surface area contributed by atoms with Gasteiger partial charge in [-0.05, 0) is 17.7 Å². The van der Waals surface area contributed by atoms with E-state index in [2.05, 4.69) is 5.32 Å². The highest BCUT2D eigenvalue weighted by molar-refractivity contribution is 6.39. The van der Waals surface area contributed by atoms with Crippen molar-refractivity contribution in [1.82, 2.24) is 0 Å². The number of hydrogen-bond donors (Lipinski definition) is 1. The van der Waals surface area contributed by atoms with E-state index in [-0.39, 0.29) is 22.2 Å². The molecule has 0 aliphatic carbocycles. The molecule has 1 atom stereocenters. The van der Waals surface area contributed by atoms with Gasteiger partial charge < -0.3 is 14.8 Å². The Labute approximate surface area is 160 Å². The minimum atomic E-state index is -1.52. The third-order valence-electron chi connectivity index (χ3n) is 3.21. The van der Waals surface area contributed by atoms with Crippen LogP contribution in [0.15, 0.2) is 48.5 Å². The van der Waals surface area contributed by atoms with Crippen LogP contribution in [0.2, 0.25) is 10.0 Å². The number of anilines is 1. The van der Waals surface area contributed by atoms with Crippen molar-refractivity contribution in [2.45, 2.75) is 12.6 Å². The van der Waals surface area contributed by atoms with Crippen molar-refractivity contribution in [2.24, 2.45) is 0 Å². The molecule has 1 unspecified atom stereocenters. The molecule has 2 aromatic rings. The van der Waals surface area contributed by atoms with Crippen molar-refractivity contribution in [3.05, 3.63) is 64.1 Å². The molecule has 0 saturated carbocycles. The Balaban J connectivity index is 2.12. The highest BCUT2D eigenvalue weighted by atomic mass is 35.5. The molecule has 5 nitrogen and oxygen atoms in total. The Bertz CT molecular complexity index is 738. The van der Waals surface area contributed by atoms with E-state index in [1.165, 1.54) is 0 Å². The third kappa shape index (κ3) is 5.89. The molecule has 2 aromatic carbocycles. The summed E-state index contributed by atoms with van der Waals surface area (Å²) >= 11 is 12.1. The van der Waals surface area contributed by atoms with E-state index in [1.807, 2.05) is 6.07 Å². The number of carbonyl (C=O) groups excluding carboxylic acids is 2. The summed E-state index contributed by atoms with van der Waals surface area (Å²) in [7, 11) is 0. The fourth-order valence-electron chi connectivity index (χ4n) is 2.05. The van der Waals surface area contributed by atoms with Gasteiger partial charge in [-0.3, -0.25) is 4.79 Å². The number of carbonyl (C=O) groups is 2. The summed E-state index contributed by atoms with van der Waals surface area (Å²) in [6.07, 6.45) is -1.57. The van der Waals surface area contributed by atoms with Crippen LogP contribution in [0.3, 0.4) is 0 Å². The minimum Gasteiger partial charge on any atom is -0.459 e. The van der Waals surface area contributed by atoms with E-state index in [0.29, 0.717) is 5.56 Å². The van der Waals surface area contributed by atoms with Crippen LogP contribution in [-0.4, -0.2) is 31.4 Å². The first-order valence-electron chi connectivity index (χ1n) is 7.68. The van der Waals surface area contributed by atoms with Gasteiger partial charge in [0.2, 0.25) is 0 Å². The summed E-state index contributed by atoms with van der Waals surface area (Å²) in [6.45, 7) is -1.31. The Hall–Kier alpha value is -2.31. The first-order chi connectivity index (χ1) is 12.5. The van der Waals surface area contributed by atoms with E-state index >= 15 is 0 Å². The Morgan fingerprint density at radius 1 is 1.04 bits per heavy atom. The number of hydrogen-bond acceptors (Lipinski definition) is 5. The Morgan fingerprint density at radius 3 is 2.31 bits per heavy atom. The summed E-state index contributed by atoms with van der Waals surface area (Å²) in [6, 6.07) is 13.6. The summed E-state index contributed by atoms with van der Waals surface area (Å²) in [5, 5.41) is 3.08. The standard InChI is InChI=1S/C18H16Cl2FNO4/c19-13-7-4-8-14(20)16(13)22-17(18(24)25-10-9-21)26-15(23)11-12-5-2-1-3-6-12/h1-8,17,22H,9-11H2. The lowest BCUT2D eigenvalue weighted by molar-refractivity contribution is -0.165. The Kier molecular flexibility index (Phi) is 7.69. The summed E-state index contributed by atoms with van der Waals surface area (Å²) in [5.74, 6) is -1.63. The van der Waals surface area contributed by atoms with Gasteiger partial charge in [0, 0.05) is 0 Å². The molecule has 0 amide bonds. The van der Waals surface area contributed by atoms with Crippen LogP contribution in [0.4, 0.5) is 10.1 Å². The lowest BCUT2D eigenvalue weighted by atomic mass is 10.2. The fourth-order valence-corrected chi connectivity index (χ4v) is 2.56. The first-order valence-corrected chi connectivity index (χ1v) is 8.43. The van der Waals surface area contributed by atoms with Crippen LogP contribution in [0.25, 0.3) is 0 Å². The highest BCUT2D eigenvalue weighted by Crippen LogP contribution is 2.30. The molecule has 138 valence electrons. The maximum Gasteiger partial charge on any atom is 0.369 e. The molecule has 0 spiro atoms. The van der Waals surface area contributed by atoms with E-state index < -0.39 is 31.4 Å². The maximum absolute atomic E-state index is 12.3. The molecule has 0 aliphatic rings. The molecule has 0 fully saturated rings. The zero-order valence-electron chi connectivity index (χ0n) is 13.6. The molecule has 0 aliphatic heterocycles. The number of rotatable bonds is 8. The van der Waals surface area contributed by atoms with Crippen LogP contribution in [0.5, 0.6) is 0 Å². The van der Waals surface area contributed by atoms with Crippen molar-refractivity contribution in [2.75, 3.05) is 18.6 Å². The smallest absolute Gasteiger partial charge is 0.369 e. The van der Waals surface area contributed by atoms with Gasteiger partial charge in [-0.2, -0.15) is 0 Å². The number of ether oxygens (including phenoxy) is 2. The average molecular weight is 400 g/mol. The van der Waals surface area contributed by atoms with E-state index in [0.717, 1.165) is 0 Å². The zero-order valence-corrected chi connectivity index (χ0v) is 15.1. The number of para-hydroxylation sites is 1. The van der Waals surface area contributed by atoms with Crippen molar-refractivity contribution < 1.29 is 23.5 Å². The monoisotopic (exact) mass is 399 g/mol. The number of halogens is 3.